The summed E-state index contributed by atoms with van der Waals surface area (Å²) in [6, 6.07) is 2.03. The topological polar surface area (TPSA) is 67.6 Å². The molecule has 0 spiro atoms. The Morgan fingerprint density at radius 2 is 2.00 bits per heavy atom. The molecule has 0 aliphatic heterocycles. The summed E-state index contributed by atoms with van der Waals surface area (Å²) < 4.78 is 0.970. The number of fused-ring (bicyclic) bond motifs is 1. The fourth-order valence-electron chi connectivity index (χ4n) is 3.07. The van der Waals surface area contributed by atoms with Crippen LogP contribution in [0.3, 0.4) is 0 Å². The minimum Gasteiger partial charge on any atom is -0.340 e. The summed E-state index contributed by atoms with van der Waals surface area (Å²) in [6.07, 6.45) is 9.15. The normalized spacial score (nSPS) is 19.5. The van der Waals surface area contributed by atoms with E-state index in [9.17, 15) is 0 Å². The molecule has 1 saturated carbocycles. The van der Waals surface area contributed by atoms with E-state index in [1.165, 1.54) is 25.7 Å². The van der Waals surface area contributed by atoms with Crippen LogP contribution in [-0.4, -0.2) is 21.5 Å². The van der Waals surface area contributed by atoms with Gasteiger partial charge in [0.2, 0.25) is 0 Å². The summed E-state index contributed by atoms with van der Waals surface area (Å²) in [5.41, 5.74) is 7.89. The molecule has 3 N–H and O–H groups in total. The summed E-state index contributed by atoms with van der Waals surface area (Å²) in [5.74, 6) is 1.03. The number of aromatic amines is 1. The Morgan fingerprint density at radius 1 is 1.26 bits per heavy atom. The quantitative estimate of drug-likeness (QED) is 0.834. The van der Waals surface area contributed by atoms with Crippen LogP contribution in [0.2, 0.25) is 0 Å². The van der Waals surface area contributed by atoms with E-state index in [1.807, 2.05) is 6.07 Å². The molecule has 0 bridgehead atoms. The maximum Gasteiger partial charge on any atom is 0.177 e. The highest BCUT2D eigenvalue weighted by Crippen LogP contribution is 2.36. The number of rotatable bonds is 2. The second-order valence-corrected chi connectivity index (χ2v) is 6.42. The van der Waals surface area contributed by atoms with E-state index in [0.717, 1.165) is 34.3 Å². The van der Waals surface area contributed by atoms with Gasteiger partial charge < -0.3 is 10.7 Å². The molecule has 1 fully saturated rings. The average Bonchev–Trinajstić information content (AvgIpc) is 2.69. The largest absolute Gasteiger partial charge is 0.340 e. The second kappa shape index (κ2) is 5.21. The highest BCUT2D eigenvalue weighted by Gasteiger charge is 2.34. The average molecular weight is 323 g/mol. The van der Waals surface area contributed by atoms with E-state index in [0.29, 0.717) is 6.54 Å². The van der Waals surface area contributed by atoms with Crippen LogP contribution in [0.15, 0.2) is 16.7 Å². The first-order chi connectivity index (χ1) is 9.23. The number of aromatic nitrogens is 3. The van der Waals surface area contributed by atoms with Gasteiger partial charge in [0.05, 0.1) is 5.52 Å². The van der Waals surface area contributed by atoms with Crippen LogP contribution >= 0.6 is 15.9 Å². The van der Waals surface area contributed by atoms with E-state index in [2.05, 4.69) is 25.9 Å². The number of imidazole rings is 1. The van der Waals surface area contributed by atoms with E-state index in [-0.39, 0.29) is 5.41 Å². The fraction of sp³-hybridized carbons (Fsp3) is 0.571. The molecule has 2 aromatic rings. The molecule has 1 aliphatic rings. The molecule has 2 aromatic heterocycles. The van der Waals surface area contributed by atoms with Crippen LogP contribution in [0.4, 0.5) is 0 Å². The van der Waals surface area contributed by atoms with Crippen molar-refractivity contribution in [2.45, 2.75) is 43.9 Å². The van der Waals surface area contributed by atoms with Gasteiger partial charge in [-0.2, -0.15) is 0 Å². The molecule has 0 aromatic carbocycles. The van der Waals surface area contributed by atoms with Gasteiger partial charge in [-0.05, 0) is 34.8 Å². The fourth-order valence-corrected chi connectivity index (χ4v) is 3.40. The predicted molar refractivity (Wildman–Crippen MR) is 80.0 cm³/mol. The molecule has 4 nitrogen and oxygen atoms in total. The van der Waals surface area contributed by atoms with Crippen molar-refractivity contribution in [3.05, 3.63) is 22.6 Å². The Labute approximate surface area is 121 Å². The van der Waals surface area contributed by atoms with Crippen LogP contribution in [0.1, 0.15) is 44.3 Å². The van der Waals surface area contributed by atoms with Gasteiger partial charge in [-0.25, -0.2) is 9.97 Å². The Balaban J connectivity index is 2.04. The number of H-pyrrole nitrogens is 1. The molecule has 0 saturated heterocycles. The molecule has 19 heavy (non-hydrogen) atoms. The second-order valence-electron chi connectivity index (χ2n) is 5.51. The highest BCUT2D eigenvalue weighted by atomic mass is 79.9. The van der Waals surface area contributed by atoms with Crippen molar-refractivity contribution in [2.75, 3.05) is 6.54 Å². The number of hydrogen-bond acceptors (Lipinski definition) is 3. The zero-order valence-corrected chi connectivity index (χ0v) is 12.5. The first kappa shape index (κ1) is 13.1. The van der Waals surface area contributed by atoms with Gasteiger partial charge in [0.25, 0.3) is 0 Å². The Hall–Kier alpha value is -0.940. The van der Waals surface area contributed by atoms with E-state index >= 15 is 0 Å². The zero-order chi connectivity index (χ0) is 13.3. The lowest BCUT2D eigenvalue weighted by atomic mass is 9.79. The van der Waals surface area contributed by atoms with Crippen molar-refractivity contribution >= 4 is 27.1 Å². The van der Waals surface area contributed by atoms with Gasteiger partial charge in [-0.3, -0.25) is 0 Å². The van der Waals surface area contributed by atoms with Crippen molar-refractivity contribution in [2.24, 2.45) is 5.73 Å². The lowest BCUT2D eigenvalue weighted by Gasteiger charge is -2.28. The van der Waals surface area contributed by atoms with Crippen LogP contribution in [-0.2, 0) is 5.41 Å². The third-order valence-electron chi connectivity index (χ3n) is 4.26. The summed E-state index contributed by atoms with van der Waals surface area (Å²) >= 11 is 3.45. The standard InChI is InChI=1S/C14H19BrN4/c15-10-7-11-12(17-8-10)19-13(18-11)14(9-16)5-3-1-2-4-6-14/h7-8H,1-6,9,16H2,(H,17,18,19). The van der Waals surface area contributed by atoms with E-state index in [1.54, 1.807) is 6.20 Å². The molecule has 0 atom stereocenters. The molecule has 0 unspecified atom stereocenters. The maximum atomic E-state index is 6.10. The van der Waals surface area contributed by atoms with E-state index < -0.39 is 0 Å². The summed E-state index contributed by atoms with van der Waals surface area (Å²) in [7, 11) is 0. The lowest BCUT2D eigenvalue weighted by molar-refractivity contribution is 0.362. The third-order valence-corrected chi connectivity index (χ3v) is 4.69. The van der Waals surface area contributed by atoms with Gasteiger partial charge in [-0.15, -0.1) is 0 Å². The van der Waals surface area contributed by atoms with Crippen molar-refractivity contribution in [1.82, 2.24) is 15.0 Å². The number of hydrogen-bond donors (Lipinski definition) is 2. The van der Waals surface area contributed by atoms with Crippen LogP contribution in [0, 0.1) is 0 Å². The maximum absolute atomic E-state index is 6.10. The predicted octanol–water partition coefficient (Wildman–Crippen LogP) is 3.27. The third kappa shape index (κ3) is 2.41. The first-order valence-corrected chi connectivity index (χ1v) is 7.75. The van der Waals surface area contributed by atoms with Gasteiger partial charge in [0, 0.05) is 22.6 Å². The smallest absolute Gasteiger partial charge is 0.177 e. The van der Waals surface area contributed by atoms with Gasteiger partial charge in [-0.1, -0.05) is 25.7 Å². The number of nitrogens with zero attached hydrogens (tertiary/aromatic N) is 2. The van der Waals surface area contributed by atoms with E-state index in [4.69, 9.17) is 10.7 Å². The van der Waals surface area contributed by atoms with Gasteiger partial charge >= 0.3 is 0 Å². The minimum atomic E-state index is 0.0175. The molecule has 2 heterocycles. The number of nitrogens with two attached hydrogens (primary N) is 1. The minimum absolute atomic E-state index is 0.0175. The zero-order valence-electron chi connectivity index (χ0n) is 11.0. The van der Waals surface area contributed by atoms with Crippen LogP contribution in [0.5, 0.6) is 0 Å². The molecule has 1 aliphatic carbocycles. The monoisotopic (exact) mass is 322 g/mol. The molecular weight excluding hydrogens is 304 g/mol. The SMILES string of the molecule is NCC1(c2nc3ncc(Br)cc3[nH]2)CCCCCC1. The molecular formula is C14H19BrN4. The summed E-state index contributed by atoms with van der Waals surface area (Å²) in [4.78, 5) is 12.5. The van der Waals surface area contributed by atoms with Crippen LogP contribution in [0.25, 0.3) is 11.2 Å². The van der Waals surface area contributed by atoms with Crippen molar-refractivity contribution in [3.63, 3.8) is 0 Å². The molecule has 3 rings (SSSR count). The molecule has 5 heteroatoms. The molecule has 102 valence electrons. The van der Waals surface area contributed by atoms with Crippen molar-refractivity contribution in [3.8, 4) is 0 Å². The van der Waals surface area contributed by atoms with Crippen molar-refractivity contribution < 1.29 is 0 Å². The van der Waals surface area contributed by atoms with Crippen LogP contribution < -0.4 is 5.73 Å². The first-order valence-electron chi connectivity index (χ1n) is 6.95. The number of nitrogens with one attached hydrogen (secondary N) is 1. The van der Waals surface area contributed by atoms with Crippen molar-refractivity contribution in [1.29, 1.82) is 0 Å². The lowest BCUT2D eigenvalue weighted by Crippen LogP contribution is -2.35. The summed E-state index contributed by atoms with van der Waals surface area (Å²) in [5, 5.41) is 0. The number of halogens is 1. The number of pyridine rings is 1. The molecule has 0 radical (unpaired) electrons. The Kier molecular flexibility index (Phi) is 3.58. The molecule has 0 amide bonds. The Bertz CT molecular complexity index is 570. The summed E-state index contributed by atoms with van der Waals surface area (Å²) in [6.45, 7) is 0.661. The highest BCUT2D eigenvalue weighted by molar-refractivity contribution is 9.10. The van der Waals surface area contributed by atoms with Gasteiger partial charge in [0.15, 0.2) is 5.65 Å². The van der Waals surface area contributed by atoms with Gasteiger partial charge in [0.1, 0.15) is 5.82 Å². The Morgan fingerprint density at radius 3 is 2.68 bits per heavy atom.